The van der Waals surface area contributed by atoms with Gasteiger partial charge in [0.1, 0.15) is 0 Å². The highest BCUT2D eigenvalue weighted by atomic mass is 16.5. The summed E-state index contributed by atoms with van der Waals surface area (Å²) in [7, 11) is 0. The molecule has 2 fully saturated rings. The first kappa shape index (κ1) is 13.9. The highest BCUT2D eigenvalue weighted by Gasteiger charge is 2.58. The van der Waals surface area contributed by atoms with Crippen molar-refractivity contribution in [2.45, 2.75) is 37.6 Å². The maximum atomic E-state index is 11.5. The predicted octanol–water partition coefficient (Wildman–Crippen LogP) is 1.80. The van der Waals surface area contributed by atoms with E-state index in [1.54, 1.807) is 0 Å². The average molecular weight is 291 g/mol. The SMILES string of the molecule is O=C(O)C1C(OCc2ccccc2)[C@H]2CC[C@H]2N1C(=O)O. The van der Waals surface area contributed by atoms with Crippen LogP contribution in [0.15, 0.2) is 30.3 Å². The summed E-state index contributed by atoms with van der Waals surface area (Å²) in [5.74, 6) is -1.14. The number of hydrogen-bond acceptors (Lipinski definition) is 3. The van der Waals surface area contributed by atoms with Gasteiger partial charge in [0.2, 0.25) is 0 Å². The van der Waals surface area contributed by atoms with Crippen molar-refractivity contribution in [2.75, 3.05) is 0 Å². The Balaban J connectivity index is 1.76. The number of fused-ring (bicyclic) bond motifs is 1. The lowest BCUT2D eigenvalue weighted by Gasteiger charge is -2.35. The second-order valence-electron chi connectivity index (χ2n) is 5.54. The van der Waals surface area contributed by atoms with Gasteiger partial charge in [0, 0.05) is 12.0 Å². The average Bonchev–Trinajstić information content (AvgIpc) is 2.65. The Morgan fingerprint density at radius 1 is 1.19 bits per heavy atom. The summed E-state index contributed by atoms with van der Waals surface area (Å²) < 4.78 is 5.79. The first-order valence-corrected chi connectivity index (χ1v) is 6.99. The molecular weight excluding hydrogens is 274 g/mol. The fourth-order valence-corrected chi connectivity index (χ4v) is 3.34. The van der Waals surface area contributed by atoms with Crippen LogP contribution < -0.4 is 0 Å². The Hall–Kier alpha value is -2.08. The summed E-state index contributed by atoms with van der Waals surface area (Å²) in [4.78, 5) is 23.9. The highest BCUT2D eigenvalue weighted by Crippen LogP contribution is 2.45. The number of hydrogen-bond donors (Lipinski definition) is 2. The third-order valence-electron chi connectivity index (χ3n) is 4.44. The van der Waals surface area contributed by atoms with E-state index in [0.29, 0.717) is 13.0 Å². The van der Waals surface area contributed by atoms with Crippen molar-refractivity contribution in [2.24, 2.45) is 5.92 Å². The highest BCUT2D eigenvalue weighted by molar-refractivity contribution is 5.81. The largest absolute Gasteiger partial charge is 0.480 e. The molecule has 4 atom stereocenters. The van der Waals surface area contributed by atoms with Crippen LogP contribution in [0.3, 0.4) is 0 Å². The molecule has 1 aliphatic heterocycles. The molecule has 2 aliphatic rings. The molecule has 0 spiro atoms. The van der Waals surface area contributed by atoms with E-state index in [-0.39, 0.29) is 12.0 Å². The molecule has 1 aromatic carbocycles. The van der Waals surface area contributed by atoms with Crippen molar-refractivity contribution in [3.8, 4) is 0 Å². The van der Waals surface area contributed by atoms with Crippen LogP contribution in [0.25, 0.3) is 0 Å². The van der Waals surface area contributed by atoms with Crippen molar-refractivity contribution < 1.29 is 24.5 Å². The minimum atomic E-state index is -1.18. The van der Waals surface area contributed by atoms with Crippen molar-refractivity contribution in [3.05, 3.63) is 35.9 Å². The number of carboxylic acids is 1. The van der Waals surface area contributed by atoms with E-state index in [4.69, 9.17) is 4.74 Å². The molecule has 0 bridgehead atoms. The van der Waals surface area contributed by atoms with Crippen LogP contribution in [0.5, 0.6) is 0 Å². The summed E-state index contributed by atoms with van der Waals surface area (Å²) in [6.07, 6.45) is -0.218. The zero-order valence-corrected chi connectivity index (χ0v) is 11.4. The Labute approximate surface area is 121 Å². The van der Waals surface area contributed by atoms with Gasteiger partial charge in [0.25, 0.3) is 0 Å². The van der Waals surface area contributed by atoms with E-state index >= 15 is 0 Å². The minimum absolute atomic E-state index is 0.00841. The van der Waals surface area contributed by atoms with E-state index < -0.39 is 24.2 Å². The monoisotopic (exact) mass is 291 g/mol. The van der Waals surface area contributed by atoms with E-state index in [1.165, 1.54) is 0 Å². The summed E-state index contributed by atoms with van der Waals surface area (Å²) in [6, 6.07) is 8.14. The van der Waals surface area contributed by atoms with Crippen LogP contribution in [-0.2, 0) is 16.1 Å². The fraction of sp³-hybridized carbons (Fsp3) is 0.467. The lowest BCUT2D eigenvalue weighted by Crippen LogP contribution is -2.48. The van der Waals surface area contributed by atoms with Gasteiger partial charge in [-0.2, -0.15) is 0 Å². The van der Waals surface area contributed by atoms with Gasteiger partial charge in [-0.05, 0) is 18.4 Å². The second kappa shape index (κ2) is 5.37. The molecular formula is C15H17NO5. The standard InChI is InChI=1S/C15H17NO5/c17-14(18)12-13(21-8-9-4-2-1-3-5-9)10-6-7-11(10)16(12)15(19)20/h1-5,10-13H,6-8H2,(H,17,18)(H,19,20)/t10-,11+,12?,13?/m0/s1. The Kier molecular flexibility index (Phi) is 3.55. The molecule has 2 unspecified atom stereocenters. The van der Waals surface area contributed by atoms with Gasteiger partial charge in [-0.15, -0.1) is 0 Å². The molecule has 0 aromatic heterocycles. The predicted molar refractivity (Wildman–Crippen MR) is 72.8 cm³/mol. The molecule has 0 radical (unpaired) electrons. The lowest BCUT2D eigenvalue weighted by molar-refractivity contribution is -0.146. The lowest BCUT2D eigenvalue weighted by atomic mass is 9.78. The zero-order chi connectivity index (χ0) is 15.0. The van der Waals surface area contributed by atoms with Crippen LogP contribution in [0.4, 0.5) is 4.79 Å². The van der Waals surface area contributed by atoms with Crippen molar-refractivity contribution >= 4 is 12.1 Å². The number of benzene rings is 1. The summed E-state index contributed by atoms with van der Waals surface area (Å²) in [5, 5.41) is 18.6. The third kappa shape index (κ3) is 2.35. The molecule has 112 valence electrons. The van der Waals surface area contributed by atoms with Crippen LogP contribution in [-0.4, -0.2) is 45.4 Å². The minimum Gasteiger partial charge on any atom is -0.480 e. The molecule has 1 saturated carbocycles. The molecule has 1 heterocycles. The first-order valence-electron chi connectivity index (χ1n) is 6.99. The number of aliphatic carboxylic acids is 1. The molecule has 1 aromatic rings. The van der Waals surface area contributed by atoms with Crippen LogP contribution >= 0.6 is 0 Å². The summed E-state index contributed by atoms with van der Waals surface area (Å²) in [6.45, 7) is 0.298. The summed E-state index contributed by atoms with van der Waals surface area (Å²) in [5.41, 5.74) is 0.950. The maximum Gasteiger partial charge on any atom is 0.408 e. The molecule has 6 nitrogen and oxygen atoms in total. The number of amides is 1. The Bertz CT molecular complexity index is 546. The van der Waals surface area contributed by atoms with Gasteiger partial charge in [-0.25, -0.2) is 9.59 Å². The number of carboxylic acid groups (broad SMARTS) is 2. The van der Waals surface area contributed by atoms with Gasteiger partial charge in [-0.1, -0.05) is 30.3 Å². The van der Waals surface area contributed by atoms with Gasteiger partial charge < -0.3 is 14.9 Å². The van der Waals surface area contributed by atoms with Gasteiger partial charge >= 0.3 is 12.1 Å². The quantitative estimate of drug-likeness (QED) is 0.883. The van der Waals surface area contributed by atoms with E-state index in [0.717, 1.165) is 16.9 Å². The van der Waals surface area contributed by atoms with E-state index in [2.05, 4.69) is 0 Å². The van der Waals surface area contributed by atoms with Gasteiger partial charge in [-0.3, -0.25) is 4.90 Å². The number of rotatable bonds is 4. The smallest absolute Gasteiger partial charge is 0.408 e. The van der Waals surface area contributed by atoms with E-state index in [1.807, 2.05) is 30.3 Å². The number of nitrogens with zero attached hydrogens (tertiary/aromatic N) is 1. The molecule has 3 rings (SSSR count). The van der Waals surface area contributed by atoms with Crippen LogP contribution in [0.2, 0.25) is 0 Å². The molecule has 6 heteroatoms. The fourth-order valence-electron chi connectivity index (χ4n) is 3.34. The molecule has 1 saturated heterocycles. The topological polar surface area (TPSA) is 87.1 Å². The number of carbonyl (C=O) groups is 2. The molecule has 2 N–H and O–H groups in total. The van der Waals surface area contributed by atoms with Crippen molar-refractivity contribution in [1.29, 1.82) is 0 Å². The van der Waals surface area contributed by atoms with E-state index in [9.17, 15) is 19.8 Å². The Morgan fingerprint density at radius 2 is 1.90 bits per heavy atom. The second-order valence-corrected chi connectivity index (χ2v) is 5.54. The number of ether oxygens (including phenoxy) is 1. The molecule has 1 amide bonds. The van der Waals surface area contributed by atoms with Crippen LogP contribution in [0.1, 0.15) is 18.4 Å². The third-order valence-corrected chi connectivity index (χ3v) is 4.44. The van der Waals surface area contributed by atoms with Crippen LogP contribution in [0, 0.1) is 5.92 Å². The van der Waals surface area contributed by atoms with Gasteiger partial charge in [0.15, 0.2) is 6.04 Å². The zero-order valence-electron chi connectivity index (χ0n) is 11.4. The van der Waals surface area contributed by atoms with Gasteiger partial charge in [0.05, 0.1) is 12.7 Å². The molecule has 1 aliphatic carbocycles. The Morgan fingerprint density at radius 3 is 2.43 bits per heavy atom. The van der Waals surface area contributed by atoms with Crippen molar-refractivity contribution in [1.82, 2.24) is 4.90 Å². The summed E-state index contributed by atoms with van der Waals surface area (Å²) >= 11 is 0. The normalized spacial score (nSPS) is 30.6. The van der Waals surface area contributed by atoms with Crippen molar-refractivity contribution in [3.63, 3.8) is 0 Å². The maximum absolute atomic E-state index is 11.5. The molecule has 21 heavy (non-hydrogen) atoms. The first-order chi connectivity index (χ1) is 10.1. The number of likely N-dealkylation sites (tertiary alicyclic amines) is 1.